The molecular formula is C20H19ClN6O3. The van der Waals surface area contributed by atoms with Gasteiger partial charge in [-0.3, -0.25) is 9.59 Å². The summed E-state index contributed by atoms with van der Waals surface area (Å²) in [6, 6.07) is 11.5. The third-order valence-corrected chi connectivity index (χ3v) is 4.93. The molecular weight excluding hydrogens is 408 g/mol. The smallest absolute Gasteiger partial charge is 0.265 e. The summed E-state index contributed by atoms with van der Waals surface area (Å²) in [6.07, 6.45) is -0.0967. The first-order valence-corrected chi connectivity index (χ1v) is 9.80. The highest BCUT2D eigenvalue weighted by molar-refractivity contribution is 6.30. The number of halogens is 1. The van der Waals surface area contributed by atoms with E-state index in [0.29, 0.717) is 34.4 Å². The molecule has 0 spiro atoms. The number of tetrazole rings is 1. The van der Waals surface area contributed by atoms with Gasteiger partial charge in [0.25, 0.3) is 11.8 Å². The molecule has 0 aliphatic carbocycles. The number of nitrogens with zero attached hydrogens (tertiary/aromatic N) is 4. The Bertz CT molecular complexity index is 1100. The van der Waals surface area contributed by atoms with Gasteiger partial charge in [0.05, 0.1) is 5.69 Å². The first-order chi connectivity index (χ1) is 14.4. The molecule has 4 rings (SSSR count). The van der Waals surface area contributed by atoms with E-state index >= 15 is 0 Å². The molecule has 3 aromatic rings. The topological polar surface area (TPSA) is 111 Å². The van der Waals surface area contributed by atoms with Gasteiger partial charge in [-0.15, -0.1) is 10.2 Å². The largest absolute Gasteiger partial charge is 0.479 e. The summed E-state index contributed by atoms with van der Waals surface area (Å²) in [5.74, 6) is 0.422. The molecule has 0 fully saturated rings. The maximum Gasteiger partial charge on any atom is 0.265 e. The van der Waals surface area contributed by atoms with Crippen molar-refractivity contribution in [1.82, 2.24) is 20.2 Å². The Kier molecular flexibility index (Phi) is 5.37. The highest BCUT2D eigenvalue weighted by Gasteiger charge is 2.25. The second-order valence-electron chi connectivity index (χ2n) is 6.81. The first kappa shape index (κ1) is 19.8. The number of nitrogens with one attached hydrogen (secondary N) is 2. The highest BCUT2D eigenvalue weighted by atomic mass is 35.5. The molecule has 1 aliphatic rings. The number of amides is 2. The summed E-state index contributed by atoms with van der Waals surface area (Å²) in [5.41, 5.74) is 1.78. The molecule has 2 aromatic carbocycles. The van der Waals surface area contributed by atoms with Crippen LogP contribution in [0.4, 0.5) is 11.4 Å². The average Bonchev–Trinajstić information content (AvgIpc) is 3.20. The van der Waals surface area contributed by atoms with E-state index in [4.69, 9.17) is 16.3 Å². The van der Waals surface area contributed by atoms with E-state index in [2.05, 4.69) is 26.0 Å². The van der Waals surface area contributed by atoms with Crippen LogP contribution in [0.15, 0.2) is 42.5 Å². The van der Waals surface area contributed by atoms with Crippen molar-refractivity contribution in [3.63, 3.8) is 0 Å². The van der Waals surface area contributed by atoms with Gasteiger partial charge in [0, 0.05) is 16.3 Å². The van der Waals surface area contributed by atoms with E-state index in [0.717, 1.165) is 5.56 Å². The van der Waals surface area contributed by atoms with E-state index in [9.17, 15) is 9.59 Å². The van der Waals surface area contributed by atoms with Crippen LogP contribution in [-0.2, 0) is 9.59 Å². The summed E-state index contributed by atoms with van der Waals surface area (Å²) < 4.78 is 5.53. The minimum absolute atomic E-state index is 0.237. The molecule has 0 unspecified atom stereocenters. The molecule has 2 amide bonds. The average molecular weight is 427 g/mol. The van der Waals surface area contributed by atoms with E-state index in [1.807, 2.05) is 6.92 Å². The number of hydrogen-bond donors (Lipinski definition) is 2. The third-order valence-electron chi connectivity index (χ3n) is 4.68. The standard InChI is InChI=1S/C20H19ClN6O3/c1-3-16(27-25-18(24-26-27)12-4-6-13(21)7-5-12)20(29)22-14-8-9-17-15(10-14)23-19(28)11(2)30-17/h4-11,16H,3H2,1-2H3,(H,22,29)(H,23,28)/t11-,16+/m0/s1. The fourth-order valence-corrected chi connectivity index (χ4v) is 3.16. The van der Waals surface area contributed by atoms with Crippen molar-refractivity contribution >= 4 is 34.8 Å². The molecule has 9 nitrogen and oxygen atoms in total. The van der Waals surface area contributed by atoms with Crippen LogP contribution >= 0.6 is 11.6 Å². The Morgan fingerprint density at radius 3 is 2.80 bits per heavy atom. The molecule has 0 radical (unpaired) electrons. The number of benzene rings is 2. The van der Waals surface area contributed by atoms with E-state index in [1.165, 1.54) is 4.80 Å². The van der Waals surface area contributed by atoms with Gasteiger partial charge in [-0.05, 0) is 61.0 Å². The van der Waals surface area contributed by atoms with Gasteiger partial charge >= 0.3 is 0 Å². The molecule has 2 atom stereocenters. The Hall–Kier alpha value is -3.46. The lowest BCUT2D eigenvalue weighted by Gasteiger charge is -2.24. The van der Waals surface area contributed by atoms with Crippen LogP contribution in [0.2, 0.25) is 5.02 Å². The Morgan fingerprint density at radius 1 is 1.30 bits per heavy atom. The second-order valence-corrected chi connectivity index (χ2v) is 7.25. The summed E-state index contributed by atoms with van der Waals surface area (Å²) >= 11 is 5.91. The van der Waals surface area contributed by atoms with Crippen LogP contribution in [0, 0.1) is 0 Å². The van der Waals surface area contributed by atoms with Gasteiger partial charge in [0.15, 0.2) is 12.1 Å². The Morgan fingerprint density at radius 2 is 2.07 bits per heavy atom. The van der Waals surface area contributed by atoms with Gasteiger partial charge in [0.1, 0.15) is 5.75 Å². The number of ether oxygens (including phenoxy) is 1. The summed E-state index contributed by atoms with van der Waals surface area (Å²) in [4.78, 5) is 25.9. The second kappa shape index (κ2) is 8.11. The Labute approximate surface area is 177 Å². The molecule has 0 saturated heterocycles. The number of carbonyl (C=O) groups is 2. The zero-order chi connectivity index (χ0) is 21.3. The lowest BCUT2D eigenvalue weighted by molar-refractivity contribution is -0.122. The van der Waals surface area contributed by atoms with Crippen LogP contribution in [0.1, 0.15) is 26.3 Å². The monoisotopic (exact) mass is 426 g/mol. The molecule has 0 saturated carbocycles. The fourth-order valence-electron chi connectivity index (χ4n) is 3.04. The zero-order valence-electron chi connectivity index (χ0n) is 16.3. The van der Waals surface area contributed by atoms with E-state index in [-0.39, 0.29) is 11.8 Å². The fraction of sp³-hybridized carbons (Fsp3) is 0.250. The number of aromatic nitrogens is 4. The number of carbonyl (C=O) groups excluding carboxylic acids is 2. The molecule has 30 heavy (non-hydrogen) atoms. The molecule has 0 bridgehead atoms. The summed E-state index contributed by atoms with van der Waals surface area (Å²) in [6.45, 7) is 3.53. The maximum absolute atomic E-state index is 12.8. The van der Waals surface area contributed by atoms with Crippen molar-refractivity contribution in [2.75, 3.05) is 10.6 Å². The minimum atomic E-state index is -0.652. The zero-order valence-corrected chi connectivity index (χ0v) is 17.1. The van der Waals surface area contributed by atoms with Gasteiger partial charge in [0.2, 0.25) is 5.82 Å². The lowest BCUT2D eigenvalue weighted by Crippen LogP contribution is -2.34. The highest BCUT2D eigenvalue weighted by Crippen LogP contribution is 2.32. The lowest BCUT2D eigenvalue weighted by atomic mass is 10.2. The SMILES string of the molecule is CC[C@H](C(=O)Nc1ccc2c(c1)NC(=O)[C@H](C)O2)n1nnc(-c2ccc(Cl)cc2)n1. The van der Waals surface area contributed by atoms with Crippen LogP contribution < -0.4 is 15.4 Å². The van der Waals surface area contributed by atoms with Crippen LogP contribution in [0.3, 0.4) is 0 Å². The third kappa shape index (κ3) is 3.97. The van der Waals surface area contributed by atoms with Crippen molar-refractivity contribution in [2.45, 2.75) is 32.4 Å². The minimum Gasteiger partial charge on any atom is -0.479 e. The van der Waals surface area contributed by atoms with Gasteiger partial charge in [-0.25, -0.2) is 0 Å². The first-order valence-electron chi connectivity index (χ1n) is 9.42. The molecule has 1 aliphatic heterocycles. The number of anilines is 2. The summed E-state index contributed by atoms with van der Waals surface area (Å²) in [5, 5.41) is 18.6. The van der Waals surface area contributed by atoms with Crippen molar-refractivity contribution in [1.29, 1.82) is 0 Å². The Balaban J connectivity index is 1.51. The number of fused-ring (bicyclic) bond motifs is 1. The predicted octanol–water partition coefficient (Wildman–Crippen LogP) is 3.30. The quantitative estimate of drug-likeness (QED) is 0.647. The molecule has 2 N–H and O–H groups in total. The molecule has 154 valence electrons. The summed E-state index contributed by atoms with van der Waals surface area (Å²) in [7, 11) is 0. The van der Waals surface area contributed by atoms with E-state index < -0.39 is 12.1 Å². The van der Waals surface area contributed by atoms with Crippen molar-refractivity contribution in [3.05, 3.63) is 47.5 Å². The normalized spacial score (nSPS) is 16.2. The van der Waals surface area contributed by atoms with Crippen molar-refractivity contribution < 1.29 is 14.3 Å². The van der Waals surface area contributed by atoms with Crippen LogP contribution in [0.25, 0.3) is 11.4 Å². The molecule has 1 aromatic heterocycles. The van der Waals surface area contributed by atoms with Gasteiger partial charge < -0.3 is 15.4 Å². The van der Waals surface area contributed by atoms with E-state index in [1.54, 1.807) is 49.4 Å². The van der Waals surface area contributed by atoms with Crippen molar-refractivity contribution in [3.8, 4) is 17.1 Å². The number of rotatable bonds is 5. The van der Waals surface area contributed by atoms with Crippen LogP contribution in [0.5, 0.6) is 5.75 Å². The van der Waals surface area contributed by atoms with Gasteiger partial charge in [-0.2, -0.15) is 4.80 Å². The van der Waals surface area contributed by atoms with Crippen molar-refractivity contribution in [2.24, 2.45) is 0 Å². The molecule has 10 heteroatoms. The van der Waals surface area contributed by atoms with Crippen LogP contribution in [-0.4, -0.2) is 38.1 Å². The number of hydrogen-bond acceptors (Lipinski definition) is 6. The molecule has 2 heterocycles. The predicted molar refractivity (Wildman–Crippen MR) is 111 cm³/mol. The maximum atomic E-state index is 12.8. The van der Waals surface area contributed by atoms with Gasteiger partial charge in [-0.1, -0.05) is 18.5 Å².